The van der Waals surface area contributed by atoms with Gasteiger partial charge in [-0.3, -0.25) is 4.79 Å². The Morgan fingerprint density at radius 1 is 1.39 bits per heavy atom. The lowest BCUT2D eigenvalue weighted by atomic mass is 10.2. The monoisotopic (exact) mass is 245 g/mol. The van der Waals surface area contributed by atoms with Gasteiger partial charge in [-0.15, -0.1) is 0 Å². The maximum Gasteiger partial charge on any atom is 0.309 e. The maximum atomic E-state index is 10.7. The highest BCUT2D eigenvalue weighted by Crippen LogP contribution is 2.24. The van der Waals surface area contributed by atoms with Crippen LogP contribution >= 0.6 is 0 Å². The van der Waals surface area contributed by atoms with Crippen molar-refractivity contribution in [1.82, 2.24) is 4.98 Å². The zero-order chi connectivity index (χ0) is 13.1. The summed E-state index contributed by atoms with van der Waals surface area (Å²) in [6.07, 6.45) is 0. The molecule has 18 heavy (non-hydrogen) atoms. The molecule has 2 rings (SSSR count). The van der Waals surface area contributed by atoms with E-state index in [9.17, 15) is 4.79 Å². The van der Waals surface area contributed by atoms with Crippen LogP contribution in [0.3, 0.4) is 0 Å². The zero-order valence-electron chi connectivity index (χ0n) is 10.4. The minimum Gasteiger partial charge on any atom is -0.490 e. The van der Waals surface area contributed by atoms with Gasteiger partial charge in [0.25, 0.3) is 0 Å². The lowest BCUT2D eigenvalue weighted by molar-refractivity contribution is -0.142. The van der Waals surface area contributed by atoms with Crippen molar-refractivity contribution in [3.8, 4) is 5.75 Å². The summed E-state index contributed by atoms with van der Waals surface area (Å²) in [5.41, 5.74) is 1.68. The first-order valence-corrected chi connectivity index (χ1v) is 5.80. The Morgan fingerprint density at radius 2 is 2.17 bits per heavy atom. The molecule has 0 saturated heterocycles. The van der Waals surface area contributed by atoms with Crippen LogP contribution in [-0.4, -0.2) is 22.7 Å². The molecule has 0 fully saturated rings. The Hall–Kier alpha value is -2.10. The molecule has 4 heteroatoms. The van der Waals surface area contributed by atoms with Gasteiger partial charge in [0, 0.05) is 11.1 Å². The average molecular weight is 245 g/mol. The van der Waals surface area contributed by atoms with E-state index in [0.717, 1.165) is 16.6 Å². The van der Waals surface area contributed by atoms with Crippen LogP contribution in [0.1, 0.15) is 12.6 Å². The van der Waals surface area contributed by atoms with E-state index in [4.69, 9.17) is 9.84 Å². The fourth-order valence-corrected chi connectivity index (χ4v) is 1.62. The van der Waals surface area contributed by atoms with E-state index in [1.807, 2.05) is 37.3 Å². The highest BCUT2D eigenvalue weighted by Gasteiger charge is 2.12. The molecule has 1 atom stereocenters. The topological polar surface area (TPSA) is 59.4 Å². The van der Waals surface area contributed by atoms with Crippen molar-refractivity contribution in [1.29, 1.82) is 0 Å². The fourth-order valence-electron chi connectivity index (χ4n) is 1.62. The van der Waals surface area contributed by atoms with E-state index >= 15 is 0 Å². The van der Waals surface area contributed by atoms with Crippen molar-refractivity contribution in [2.24, 2.45) is 5.92 Å². The summed E-state index contributed by atoms with van der Waals surface area (Å²) in [5.74, 6) is -0.770. The van der Waals surface area contributed by atoms with Gasteiger partial charge >= 0.3 is 5.97 Å². The van der Waals surface area contributed by atoms with Crippen molar-refractivity contribution in [3.05, 3.63) is 36.0 Å². The number of hydrogen-bond acceptors (Lipinski definition) is 3. The number of pyridine rings is 1. The molecule has 0 saturated carbocycles. The smallest absolute Gasteiger partial charge is 0.309 e. The molecule has 0 aliphatic carbocycles. The third-order valence-corrected chi connectivity index (χ3v) is 2.73. The van der Waals surface area contributed by atoms with Crippen molar-refractivity contribution >= 4 is 16.9 Å². The molecule has 0 amide bonds. The quantitative estimate of drug-likeness (QED) is 0.899. The van der Waals surface area contributed by atoms with Gasteiger partial charge in [0.2, 0.25) is 0 Å². The first kappa shape index (κ1) is 12.4. The molecule has 94 valence electrons. The van der Waals surface area contributed by atoms with Gasteiger partial charge in [-0.05, 0) is 26.0 Å². The molecule has 0 aliphatic rings. The predicted octanol–water partition coefficient (Wildman–Crippen LogP) is 2.64. The number of para-hydroxylation sites is 1. The van der Waals surface area contributed by atoms with Crippen LogP contribution in [0.25, 0.3) is 10.9 Å². The molecule has 4 nitrogen and oxygen atoms in total. The van der Waals surface area contributed by atoms with Crippen LogP contribution < -0.4 is 4.74 Å². The van der Waals surface area contributed by atoms with Gasteiger partial charge in [0.15, 0.2) is 0 Å². The second kappa shape index (κ2) is 5.04. The van der Waals surface area contributed by atoms with Gasteiger partial charge in [-0.25, -0.2) is 4.98 Å². The second-order valence-electron chi connectivity index (χ2n) is 4.33. The Balaban J connectivity index is 2.27. The van der Waals surface area contributed by atoms with Crippen molar-refractivity contribution < 1.29 is 14.6 Å². The Labute approximate surface area is 105 Å². The molecule has 1 unspecified atom stereocenters. The number of carbonyl (C=O) groups is 1. The third kappa shape index (κ3) is 2.59. The first-order chi connectivity index (χ1) is 8.58. The molecule has 1 heterocycles. The van der Waals surface area contributed by atoms with Gasteiger partial charge in [-0.2, -0.15) is 0 Å². The molecule has 1 aromatic heterocycles. The SMILES string of the molecule is Cc1ccc2cccc(OCC(C)C(=O)O)c2n1. The standard InChI is InChI=1S/C14H15NO3/c1-9(14(16)17)8-18-12-5-3-4-11-7-6-10(2)15-13(11)12/h3-7,9H,8H2,1-2H3,(H,16,17). The number of ether oxygens (including phenoxy) is 1. The fraction of sp³-hybridized carbons (Fsp3) is 0.286. The summed E-state index contributed by atoms with van der Waals surface area (Å²) in [7, 11) is 0. The third-order valence-electron chi connectivity index (χ3n) is 2.73. The van der Waals surface area contributed by atoms with Crippen molar-refractivity contribution in [2.45, 2.75) is 13.8 Å². The summed E-state index contributed by atoms with van der Waals surface area (Å²) < 4.78 is 5.55. The molecular weight excluding hydrogens is 230 g/mol. The van der Waals surface area contributed by atoms with E-state index in [1.54, 1.807) is 6.92 Å². The van der Waals surface area contributed by atoms with E-state index in [2.05, 4.69) is 4.98 Å². The van der Waals surface area contributed by atoms with Gasteiger partial charge < -0.3 is 9.84 Å². The minimum atomic E-state index is -0.862. The molecule has 1 aromatic carbocycles. The van der Waals surface area contributed by atoms with Crippen LogP contribution in [0.15, 0.2) is 30.3 Å². The van der Waals surface area contributed by atoms with Crippen LogP contribution in [0.2, 0.25) is 0 Å². The summed E-state index contributed by atoms with van der Waals surface area (Å²) in [6, 6.07) is 9.55. The van der Waals surface area contributed by atoms with Gasteiger partial charge in [0.1, 0.15) is 17.9 Å². The number of aryl methyl sites for hydroxylation is 1. The number of aromatic nitrogens is 1. The Kier molecular flexibility index (Phi) is 3.46. The molecule has 1 N–H and O–H groups in total. The Morgan fingerprint density at radius 3 is 2.89 bits per heavy atom. The van der Waals surface area contributed by atoms with Crippen molar-refractivity contribution in [3.63, 3.8) is 0 Å². The van der Waals surface area contributed by atoms with E-state index in [1.165, 1.54) is 0 Å². The normalized spacial score (nSPS) is 12.3. The molecule has 0 bridgehead atoms. The number of carboxylic acid groups (broad SMARTS) is 1. The number of rotatable bonds is 4. The lowest BCUT2D eigenvalue weighted by Gasteiger charge is -2.11. The molecule has 0 spiro atoms. The number of benzene rings is 1. The first-order valence-electron chi connectivity index (χ1n) is 5.80. The minimum absolute atomic E-state index is 0.143. The predicted molar refractivity (Wildman–Crippen MR) is 68.8 cm³/mol. The molecule has 2 aromatic rings. The summed E-state index contributed by atoms with van der Waals surface area (Å²) in [6.45, 7) is 3.67. The number of carboxylic acids is 1. The van der Waals surface area contributed by atoms with Crippen LogP contribution in [0, 0.1) is 12.8 Å². The van der Waals surface area contributed by atoms with Crippen LogP contribution in [0.4, 0.5) is 0 Å². The largest absolute Gasteiger partial charge is 0.490 e. The van der Waals surface area contributed by atoms with Crippen LogP contribution in [-0.2, 0) is 4.79 Å². The highest BCUT2D eigenvalue weighted by atomic mass is 16.5. The van der Waals surface area contributed by atoms with E-state index < -0.39 is 11.9 Å². The zero-order valence-corrected chi connectivity index (χ0v) is 10.4. The summed E-state index contributed by atoms with van der Waals surface area (Å²) in [4.78, 5) is 15.2. The number of aliphatic carboxylic acids is 1. The van der Waals surface area contributed by atoms with E-state index in [0.29, 0.717) is 5.75 Å². The maximum absolute atomic E-state index is 10.7. The van der Waals surface area contributed by atoms with Crippen molar-refractivity contribution in [2.75, 3.05) is 6.61 Å². The van der Waals surface area contributed by atoms with Gasteiger partial charge in [-0.1, -0.05) is 18.2 Å². The molecule has 0 radical (unpaired) electrons. The van der Waals surface area contributed by atoms with Gasteiger partial charge in [0.05, 0.1) is 5.92 Å². The Bertz CT molecular complexity index is 580. The summed E-state index contributed by atoms with van der Waals surface area (Å²) in [5, 5.41) is 9.81. The average Bonchev–Trinajstić information content (AvgIpc) is 2.35. The number of nitrogens with zero attached hydrogens (tertiary/aromatic N) is 1. The second-order valence-corrected chi connectivity index (χ2v) is 4.33. The number of fused-ring (bicyclic) bond motifs is 1. The molecular formula is C14H15NO3. The lowest BCUT2D eigenvalue weighted by Crippen LogP contribution is -2.18. The number of hydrogen-bond donors (Lipinski definition) is 1. The highest BCUT2D eigenvalue weighted by molar-refractivity contribution is 5.84. The molecule has 0 aliphatic heterocycles. The van der Waals surface area contributed by atoms with E-state index in [-0.39, 0.29) is 6.61 Å². The summed E-state index contributed by atoms with van der Waals surface area (Å²) >= 11 is 0. The van der Waals surface area contributed by atoms with Crippen LogP contribution in [0.5, 0.6) is 5.75 Å².